The quantitative estimate of drug-likeness (QED) is 0.467. The zero-order chi connectivity index (χ0) is 16.8. The Morgan fingerprint density at radius 1 is 1.21 bits per heavy atom. The Bertz CT molecular complexity index is 644. The Labute approximate surface area is 156 Å². The van der Waals surface area contributed by atoms with Gasteiger partial charge >= 0.3 is 7.12 Å². The van der Waals surface area contributed by atoms with Crippen LogP contribution in [-0.2, 0) is 6.54 Å². The Balaban J connectivity index is 0.00000288. The SMILES string of the molecule is Cl.NC(CCCCB(O)O)c1nnnn1Cc1ccc(Cl)c(Cl)c1. The summed E-state index contributed by atoms with van der Waals surface area (Å²) in [4.78, 5) is 0. The summed E-state index contributed by atoms with van der Waals surface area (Å²) in [6, 6.07) is 5.03. The van der Waals surface area contributed by atoms with Crippen LogP contribution in [0, 0.1) is 0 Å². The van der Waals surface area contributed by atoms with E-state index < -0.39 is 7.12 Å². The van der Waals surface area contributed by atoms with E-state index >= 15 is 0 Å². The minimum Gasteiger partial charge on any atom is -0.427 e. The summed E-state index contributed by atoms with van der Waals surface area (Å²) in [6.45, 7) is 0.447. The van der Waals surface area contributed by atoms with Gasteiger partial charge in [0.1, 0.15) is 0 Å². The van der Waals surface area contributed by atoms with E-state index in [0.717, 1.165) is 12.0 Å². The van der Waals surface area contributed by atoms with Gasteiger partial charge in [-0.2, -0.15) is 0 Å². The molecule has 1 aromatic carbocycles. The molecule has 4 N–H and O–H groups in total. The predicted octanol–water partition coefficient (Wildman–Crippen LogP) is 2.09. The van der Waals surface area contributed by atoms with E-state index in [-0.39, 0.29) is 18.4 Å². The number of benzene rings is 1. The van der Waals surface area contributed by atoms with E-state index in [2.05, 4.69) is 15.5 Å². The maximum absolute atomic E-state index is 8.82. The van der Waals surface area contributed by atoms with Gasteiger partial charge in [0.2, 0.25) is 0 Å². The van der Waals surface area contributed by atoms with E-state index in [9.17, 15) is 0 Å². The number of hydrogen-bond donors (Lipinski definition) is 3. The van der Waals surface area contributed by atoms with E-state index in [1.54, 1.807) is 16.8 Å². The fourth-order valence-electron chi connectivity index (χ4n) is 2.22. The molecule has 1 unspecified atom stereocenters. The predicted molar refractivity (Wildman–Crippen MR) is 96.4 cm³/mol. The van der Waals surface area contributed by atoms with Crippen molar-refractivity contribution in [1.29, 1.82) is 0 Å². The molecule has 1 aromatic heterocycles. The molecule has 0 aliphatic rings. The van der Waals surface area contributed by atoms with Gasteiger partial charge in [-0.15, -0.1) is 17.5 Å². The minimum atomic E-state index is -1.27. The average molecular weight is 394 g/mol. The molecule has 1 atom stereocenters. The number of nitrogens with zero attached hydrogens (tertiary/aromatic N) is 4. The first kappa shape index (κ1) is 21.1. The fourth-order valence-corrected chi connectivity index (χ4v) is 2.54. The van der Waals surface area contributed by atoms with Crippen molar-refractivity contribution in [2.75, 3.05) is 0 Å². The number of nitrogens with two attached hydrogens (primary N) is 1. The topological polar surface area (TPSA) is 110 Å². The van der Waals surface area contributed by atoms with Gasteiger partial charge in [-0.3, -0.25) is 0 Å². The number of halogens is 3. The van der Waals surface area contributed by atoms with Crippen molar-refractivity contribution in [1.82, 2.24) is 20.2 Å². The molecule has 0 amide bonds. The van der Waals surface area contributed by atoms with Gasteiger partial charge in [0.05, 0.1) is 22.6 Å². The van der Waals surface area contributed by atoms with E-state index in [0.29, 0.717) is 41.6 Å². The van der Waals surface area contributed by atoms with Gasteiger partial charge in [0.25, 0.3) is 0 Å². The molecule has 0 saturated carbocycles. The molecule has 0 aliphatic heterocycles. The van der Waals surface area contributed by atoms with Crippen LogP contribution in [0.5, 0.6) is 0 Å². The molecule has 2 aromatic rings. The molecule has 11 heteroatoms. The van der Waals surface area contributed by atoms with Crippen molar-refractivity contribution >= 4 is 42.7 Å². The smallest absolute Gasteiger partial charge is 0.427 e. The molecular weight excluding hydrogens is 375 g/mol. The highest BCUT2D eigenvalue weighted by molar-refractivity contribution is 6.42. The molecule has 2 rings (SSSR count). The van der Waals surface area contributed by atoms with Crippen LogP contribution >= 0.6 is 35.6 Å². The zero-order valence-electron chi connectivity index (χ0n) is 12.8. The van der Waals surface area contributed by atoms with Gasteiger partial charge in [-0.25, -0.2) is 4.68 Å². The van der Waals surface area contributed by atoms with Crippen LogP contribution in [0.3, 0.4) is 0 Å². The summed E-state index contributed by atoms with van der Waals surface area (Å²) in [5, 5.41) is 30.2. The summed E-state index contributed by atoms with van der Waals surface area (Å²) in [6.07, 6.45) is 2.44. The number of unbranched alkanes of at least 4 members (excludes halogenated alkanes) is 1. The second-order valence-electron chi connectivity index (χ2n) is 5.31. The van der Waals surface area contributed by atoms with Crippen LogP contribution in [0.25, 0.3) is 0 Å². The van der Waals surface area contributed by atoms with Crippen molar-refractivity contribution in [3.05, 3.63) is 39.6 Å². The fraction of sp³-hybridized carbons (Fsp3) is 0.462. The molecule has 0 bridgehead atoms. The summed E-state index contributed by atoms with van der Waals surface area (Å²) in [7, 11) is -1.27. The first-order valence-electron chi connectivity index (χ1n) is 7.29. The monoisotopic (exact) mass is 393 g/mol. The third-order valence-electron chi connectivity index (χ3n) is 3.44. The van der Waals surface area contributed by atoms with E-state index in [1.165, 1.54) is 0 Å². The van der Waals surface area contributed by atoms with E-state index in [1.807, 2.05) is 6.07 Å². The normalized spacial score (nSPS) is 11.9. The Hall–Kier alpha value is -0.895. The Kier molecular flexibility index (Phi) is 8.97. The van der Waals surface area contributed by atoms with Gasteiger partial charge in [0.15, 0.2) is 5.82 Å². The zero-order valence-corrected chi connectivity index (χ0v) is 15.2. The van der Waals surface area contributed by atoms with Crippen molar-refractivity contribution in [3.8, 4) is 0 Å². The number of hydrogen-bond acceptors (Lipinski definition) is 6. The van der Waals surface area contributed by atoms with E-state index in [4.69, 9.17) is 39.0 Å². The molecule has 1 heterocycles. The van der Waals surface area contributed by atoms with Gasteiger partial charge in [-0.1, -0.05) is 42.1 Å². The molecule has 0 fully saturated rings. The third-order valence-corrected chi connectivity index (χ3v) is 4.17. The number of aromatic nitrogens is 4. The van der Waals surface area contributed by atoms with Crippen molar-refractivity contribution in [2.24, 2.45) is 5.73 Å². The maximum Gasteiger partial charge on any atom is 0.451 e. The standard InChI is InChI=1S/C13H18BCl2N5O2.ClH/c15-10-5-4-9(7-11(10)16)8-21-13(18-19-20-21)12(17)3-1-2-6-14(22)23;/h4-5,7,12,22-23H,1-3,6,8,17H2;1H. The van der Waals surface area contributed by atoms with Gasteiger partial charge < -0.3 is 15.8 Å². The minimum absolute atomic E-state index is 0. The number of rotatable bonds is 8. The highest BCUT2D eigenvalue weighted by Gasteiger charge is 2.16. The second kappa shape index (κ2) is 10.2. The maximum atomic E-state index is 8.82. The molecular formula is C13H19BCl3N5O2. The van der Waals surface area contributed by atoms with Crippen LogP contribution in [-0.4, -0.2) is 37.4 Å². The molecule has 132 valence electrons. The Morgan fingerprint density at radius 3 is 2.62 bits per heavy atom. The van der Waals surface area contributed by atoms with Crippen LogP contribution in [0.15, 0.2) is 18.2 Å². The van der Waals surface area contributed by atoms with Crippen LogP contribution in [0.1, 0.15) is 36.7 Å². The van der Waals surface area contributed by atoms with Crippen molar-refractivity contribution in [3.63, 3.8) is 0 Å². The highest BCUT2D eigenvalue weighted by atomic mass is 35.5. The summed E-state index contributed by atoms with van der Waals surface area (Å²) in [5.74, 6) is 0.584. The van der Waals surface area contributed by atoms with Crippen molar-refractivity contribution < 1.29 is 10.0 Å². The second-order valence-corrected chi connectivity index (χ2v) is 6.13. The summed E-state index contributed by atoms with van der Waals surface area (Å²) in [5.41, 5.74) is 7.05. The average Bonchev–Trinajstić information content (AvgIpc) is 2.95. The molecule has 24 heavy (non-hydrogen) atoms. The lowest BCUT2D eigenvalue weighted by Gasteiger charge is -2.12. The molecule has 0 aliphatic carbocycles. The third kappa shape index (κ3) is 6.20. The number of tetrazole rings is 1. The van der Waals surface area contributed by atoms with Crippen LogP contribution in [0.2, 0.25) is 16.4 Å². The highest BCUT2D eigenvalue weighted by Crippen LogP contribution is 2.23. The summed E-state index contributed by atoms with van der Waals surface area (Å²) >= 11 is 11.9. The molecule has 0 spiro atoms. The largest absolute Gasteiger partial charge is 0.451 e. The lowest BCUT2D eigenvalue weighted by atomic mass is 9.83. The lowest BCUT2D eigenvalue weighted by Crippen LogP contribution is -2.18. The lowest BCUT2D eigenvalue weighted by molar-refractivity contribution is 0.400. The first-order valence-corrected chi connectivity index (χ1v) is 8.04. The first-order chi connectivity index (χ1) is 11.0. The molecule has 0 radical (unpaired) electrons. The molecule has 7 nitrogen and oxygen atoms in total. The van der Waals surface area contributed by atoms with Crippen LogP contribution in [0.4, 0.5) is 0 Å². The van der Waals surface area contributed by atoms with Gasteiger partial charge in [0, 0.05) is 0 Å². The Morgan fingerprint density at radius 2 is 1.96 bits per heavy atom. The summed E-state index contributed by atoms with van der Waals surface area (Å²) < 4.78 is 1.63. The van der Waals surface area contributed by atoms with Crippen molar-refractivity contribution in [2.45, 2.75) is 38.2 Å². The molecule has 0 saturated heterocycles. The van der Waals surface area contributed by atoms with Crippen LogP contribution < -0.4 is 5.73 Å². The van der Waals surface area contributed by atoms with Gasteiger partial charge in [-0.05, 0) is 40.9 Å².